The topological polar surface area (TPSA) is 222 Å². The van der Waals surface area contributed by atoms with Crippen LogP contribution in [0.25, 0.3) is 22.3 Å². The first kappa shape index (κ1) is 68.1. The molecule has 4 N–H and O–H groups in total. The third-order valence-electron chi connectivity index (χ3n) is 15.7. The van der Waals surface area contributed by atoms with Crippen LogP contribution in [0, 0.1) is 22.7 Å². The van der Waals surface area contributed by atoms with E-state index in [1.165, 1.54) is 0 Å². The van der Waals surface area contributed by atoms with Gasteiger partial charge in [-0.3, -0.25) is 32.7 Å². The Morgan fingerprint density at radius 2 is 0.820 bits per heavy atom. The number of rotatable bonds is 24. The van der Waals surface area contributed by atoms with E-state index in [1.54, 1.807) is 49.4 Å². The van der Waals surface area contributed by atoms with Crippen LogP contribution in [-0.4, -0.2) is 31.5 Å². The second-order valence-electron chi connectivity index (χ2n) is 24.0. The summed E-state index contributed by atoms with van der Waals surface area (Å²) in [5, 5.41) is 7.57. The van der Waals surface area contributed by atoms with Gasteiger partial charge in [0.2, 0.25) is 5.88 Å². The standard InChI is InChI=1S/C48H51NO8P2.C20H26NO5P.C2H6O/c1-48(2)30-28-38(29-31-48)32-44-33-45(56-58(50,52-34-39-18-8-3-9-19-39)53-35-40-20-10-4-11-21-40)46(43-26-16-7-17-27-43)47(49-44)57-59(51,54-36-41-22-12-5-13-23-41)55-37-42-24-14-6-15-25-42;1-20(2)10-8-14(9-11-20)12-16-13-17(26-27(23,24)25)18(19(22)21-16)15-6-4-3-5-7-15;1-2-3/h3-27,33,38H,28-32,34-37H2,1-2H3;3-7,13-14H,8-12H2,1-2H3,(H,21,22)(H2,23,24,25);3H,2H2,1H3. The van der Waals surface area contributed by atoms with E-state index in [4.69, 9.17) is 41.8 Å². The van der Waals surface area contributed by atoms with Crippen LogP contribution in [-0.2, 0) is 71.1 Å². The van der Waals surface area contributed by atoms with Crippen molar-refractivity contribution in [2.24, 2.45) is 22.7 Å². The van der Waals surface area contributed by atoms with Gasteiger partial charge in [-0.1, -0.05) is 210 Å². The zero-order chi connectivity index (χ0) is 63.3. The molecule has 0 aliphatic heterocycles. The fourth-order valence-electron chi connectivity index (χ4n) is 10.7. The number of phosphoric ester groups is 3. The Bertz CT molecular complexity index is 3430. The van der Waals surface area contributed by atoms with E-state index in [0.29, 0.717) is 52.6 Å². The summed E-state index contributed by atoms with van der Waals surface area (Å²) in [5.41, 5.74) is 6.17. The molecule has 16 nitrogen and oxygen atoms in total. The molecule has 472 valence electrons. The van der Waals surface area contributed by atoms with Crippen LogP contribution >= 0.6 is 23.5 Å². The van der Waals surface area contributed by atoms with E-state index in [2.05, 4.69) is 32.7 Å². The number of hydrogen-bond acceptors (Lipinski definition) is 13. The number of aromatic nitrogens is 2. The summed E-state index contributed by atoms with van der Waals surface area (Å²) in [7, 11) is -13.6. The molecule has 0 spiro atoms. The first-order valence-corrected chi connectivity index (χ1v) is 34.7. The summed E-state index contributed by atoms with van der Waals surface area (Å²) in [6, 6.07) is 59.0. The maximum absolute atomic E-state index is 15.0. The third-order valence-corrected chi connectivity index (χ3v) is 18.7. The molecule has 0 bridgehead atoms. The molecule has 6 aromatic carbocycles. The van der Waals surface area contributed by atoms with Crippen LogP contribution in [0.5, 0.6) is 17.4 Å². The van der Waals surface area contributed by atoms with Crippen molar-refractivity contribution >= 4 is 23.5 Å². The summed E-state index contributed by atoms with van der Waals surface area (Å²) < 4.78 is 83.6. The highest BCUT2D eigenvalue weighted by atomic mass is 31.2. The zero-order valence-corrected chi connectivity index (χ0v) is 54.0. The van der Waals surface area contributed by atoms with Gasteiger partial charge in [-0.25, -0.2) is 18.7 Å². The van der Waals surface area contributed by atoms with E-state index in [-0.39, 0.29) is 67.0 Å². The van der Waals surface area contributed by atoms with Gasteiger partial charge in [-0.2, -0.15) is 0 Å². The SMILES string of the molecule is CC1(C)CCC(Cc2cc(OP(=O)(O)O)c(-c3ccccc3)c(=O)[nH]2)CC1.CC1(C)CCC(Cc2cc(OP(=O)(OCc3ccccc3)OCc3ccccc3)c(-c3ccccc3)c(OP(=O)(OCc3ccccc3)OCc3ccccc3)n2)CC1.CCO. The van der Waals surface area contributed by atoms with Gasteiger partial charge < -0.3 is 23.7 Å². The van der Waals surface area contributed by atoms with Crippen molar-refractivity contribution in [1.82, 2.24) is 9.97 Å². The smallest absolute Gasteiger partial charge is 0.403 e. The zero-order valence-electron chi connectivity index (χ0n) is 51.4. The van der Waals surface area contributed by atoms with Gasteiger partial charge in [-0.15, -0.1) is 0 Å². The van der Waals surface area contributed by atoms with Gasteiger partial charge in [0.15, 0.2) is 0 Å². The van der Waals surface area contributed by atoms with Crippen LogP contribution in [0.3, 0.4) is 0 Å². The summed E-state index contributed by atoms with van der Waals surface area (Å²) in [5.74, 6) is 0.768. The number of nitrogens with zero attached hydrogens (tertiary/aromatic N) is 1. The molecular formula is C70H83N2O14P3. The lowest BCUT2D eigenvalue weighted by atomic mass is 9.72. The predicted molar refractivity (Wildman–Crippen MR) is 348 cm³/mol. The maximum atomic E-state index is 15.0. The van der Waals surface area contributed by atoms with Crippen molar-refractivity contribution in [3.05, 3.63) is 238 Å². The predicted octanol–water partition coefficient (Wildman–Crippen LogP) is 17.6. The molecule has 2 heterocycles. The number of aromatic amines is 1. The lowest BCUT2D eigenvalue weighted by Crippen LogP contribution is -2.23. The molecule has 0 amide bonds. The van der Waals surface area contributed by atoms with E-state index >= 15 is 0 Å². The maximum Gasteiger partial charge on any atom is 0.531 e. The number of benzene rings is 6. The van der Waals surface area contributed by atoms with Crippen molar-refractivity contribution in [3.63, 3.8) is 0 Å². The lowest BCUT2D eigenvalue weighted by Gasteiger charge is -2.34. The van der Waals surface area contributed by atoms with Gasteiger partial charge in [0.05, 0.1) is 37.6 Å². The number of hydrogen-bond donors (Lipinski definition) is 4. The summed E-state index contributed by atoms with van der Waals surface area (Å²) in [6.45, 7) is 10.9. The molecule has 89 heavy (non-hydrogen) atoms. The quantitative estimate of drug-likeness (QED) is 0.0413. The van der Waals surface area contributed by atoms with Gasteiger partial charge in [-0.05, 0) is 127 Å². The van der Waals surface area contributed by atoms with Crippen molar-refractivity contribution in [1.29, 1.82) is 0 Å². The van der Waals surface area contributed by atoms with E-state index < -0.39 is 29.0 Å². The molecule has 2 aromatic heterocycles. The molecule has 8 aromatic rings. The number of pyridine rings is 2. The molecule has 2 aliphatic carbocycles. The Morgan fingerprint density at radius 1 is 0.483 bits per heavy atom. The Morgan fingerprint density at radius 3 is 1.20 bits per heavy atom. The Labute approximate surface area is 523 Å². The molecule has 2 saturated carbocycles. The minimum Gasteiger partial charge on any atom is -0.403 e. The molecule has 2 aliphatic rings. The molecule has 0 saturated heterocycles. The second-order valence-corrected chi connectivity index (χ2v) is 28.4. The molecule has 0 radical (unpaired) electrons. The van der Waals surface area contributed by atoms with E-state index in [0.717, 1.165) is 73.6 Å². The summed E-state index contributed by atoms with van der Waals surface area (Å²) in [4.78, 5) is 39.2. The van der Waals surface area contributed by atoms with Gasteiger partial charge in [0.25, 0.3) is 5.56 Å². The van der Waals surface area contributed by atoms with Crippen LogP contribution in [0.1, 0.15) is 120 Å². The molecule has 2 fully saturated rings. The van der Waals surface area contributed by atoms with Crippen molar-refractivity contribution < 1.29 is 60.3 Å². The van der Waals surface area contributed by atoms with Crippen LogP contribution in [0.2, 0.25) is 0 Å². The summed E-state index contributed by atoms with van der Waals surface area (Å²) >= 11 is 0. The molecule has 10 rings (SSSR count). The number of aliphatic hydroxyl groups excluding tert-OH is 1. The average Bonchev–Trinajstić information content (AvgIpc) is 1.44. The largest absolute Gasteiger partial charge is 0.531 e. The Hall–Kier alpha value is -6.77. The monoisotopic (exact) mass is 1270 g/mol. The van der Waals surface area contributed by atoms with Crippen molar-refractivity contribution in [2.45, 2.75) is 125 Å². The highest BCUT2D eigenvalue weighted by molar-refractivity contribution is 7.49. The minimum atomic E-state index is -4.79. The number of phosphoric acid groups is 3. The average molecular weight is 1270 g/mol. The molecule has 0 unspecified atom stereocenters. The highest BCUT2D eigenvalue weighted by Gasteiger charge is 2.37. The lowest BCUT2D eigenvalue weighted by molar-refractivity contribution is 0.141. The Kier molecular flexibility index (Phi) is 24.7. The Balaban J connectivity index is 0.000000283. The molecule has 19 heteroatoms. The number of aliphatic hydroxyl groups is 1. The first-order valence-electron chi connectivity index (χ1n) is 30.3. The highest BCUT2D eigenvalue weighted by Crippen LogP contribution is 2.58. The number of nitrogens with one attached hydrogen (secondary N) is 1. The van der Waals surface area contributed by atoms with Gasteiger partial charge in [0.1, 0.15) is 11.5 Å². The normalized spacial score (nSPS) is 15.1. The van der Waals surface area contributed by atoms with Crippen LogP contribution < -0.4 is 19.1 Å². The molecular weight excluding hydrogens is 1190 g/mol. The van der Waals surface area contributed by atoms with E-state index in [1.807, 2.05) is 152 Å². The van der Waals surface area contributed by atoms with Crippen LogP contribution in [0.15, 0.2) is 199 Å². The summed E-state index contributed by atoms with van der Waals surface area (Å²) in [6.07, 6.45) is 9.85. The second kappa shape index (κ2) is 32.3. The van der Waals surface area contributed by atoms with Crippen LogP contribution in [0.4, 0.5) is 0 Å². The minimum absolute atomic E-state index is 0.0391. The fraction of sp³-hybridized carbons (Fsp3) is 0.343. The first-order chi connectivity index (χ1) is 42.7. The van der Waals surface area contributed by atoms with Gasteiger partial charge in [0, 0.05) is 30.1 Å². The number of H-pyrrole nitrogens is 1. The molecule has 0 atom stereocenters. The van der Waals surface area contributed by atoms with Crippen molar-refractivity contribution in [2.75, 3.05) is 6.61 Å². The van der Waals surface area contributed by atoms with Gasteiger partial charge >= 0.3 is 23.5 Å². The van der Waals surface area contributed by atoms with Crippen molar-refractivity contribution in [3.8, 4) is 39.6 Å². The van der Waals surface area contributed by atoms with E-state index in [9.17, 15) is 28.3 Å². The third kappa shape index (κ3) is 22.0. The fourth-order valence-corrected chi connectivity index (χ4v) is 13.4.